The van der Waals surface area contributed by atoms with Gasteiger partial charge in [0.15, 0.2) is 18.2 Å². The second-order valence-electron chi connectivity index (χ2n) is 5.49. The maximum absolute atomic E-state index is 12.2. The Morgan fingerprint density at radius 3 is 2.59 bits per heavy atom. The molecule has 3 rings (SSSR count). The maximum Gasteiger partial charge on any atom is 0.278 e. The summed E-state index contributed by atoms with van der Waals surface area (Å²) in [4.78, 5) is 19.3. The predicted octanol–water partition coefficient (Wildman–Crippen LogP) is -2.74. The van der Waals surface area contributed by atoms with Crippen molar-refractivity contribution in [2.24, 2.45) is 5.73 Å². The molecule has 0 aliphatic carbocycles. The Morgan fingerprint density at radius 1 is 1.32 bits per heavy atom. The van der Waals surface area contributed by atoms with E-state index in [2.05, 4.69) is 4.98 Å². The molecule has 3 heterocycles. The first-order chi connectivity index (χ1) is 10.4. The number of carbonyl (C=O) groups excluding carboxylic acids is 1. The molecular weight excluding hydrogens is 294 g/mol. The highest BCUT2D eigenvalue weighted by Gasteiger charge is 2.46. The van der Waals surface area contributed by atoms with Gasteiger partial charge in [0, 0.05) is 14.1 Å². The fourth-order valence-electron chi connectivity index (χ4n) is 2.82. The summed E-state index contributed by atoms with van der Waals surface area (Å²) in [5, 5.41) is 29.1. The Morgan fingerprint density at radius 2 is 2.00 bits per heavy atom. The summed E-state index contributed by atoms with van der Waals surface area (Å²) in [6.07, 6.45) is -3.68. The minimum absolute atomic E-state index is 0.185. The third-order valence-corrected chi connectivity index (χ3v) is 4.21. The minimum Gasteiger partial charge on any atom is -0.394 e. The molecule has 0 spiro atoms. The van der Waals surface area contributed by atoms with Crippen molar-refractivity contribution >= 4 is 11.7 Å². The lowest BCUT2D eigenvalue weighted by molar-refractivity contribution is -0.0523. The Hall–Kier alpha value is -1.72. The molecule has 2 aliphatic rings. The highest BCUT2D eigenvalue weighted by atomic mass is 16.6. The molecule has 1 unspecified atom stereocenters. The number of nitrogens with zero attached hydrogens (tertiary/aromatic N) is 4. The third-order valence-electron chi connectivity index (χ3n) is 4.21. The number of hydrogen-bond donors (Lipinski definition) is 4. The molecule has 22 heavy (non-hydrogen) atoms. The average Bonchev–Trinajstić information content (AvgIpc) is 3.06. The molecule has 0 saturated carbocycles. The summed E-state index contributed by atoms with van der Waals surface area (Å²) < 4.78 is 6.92. The quantitative estimate of drug-likeness (QED) is 0.461. The van der Waals surface area contributed by atoms with Crippen LogP contribution in [0.1, 0.15) is 16.7 Å². The van der Waals surface area contributed by atoms with Crippen molar-refractivity contribution in [3.8, 4) is 0 Å². The van der Waals surface area contributed by atoms with Gasteiger partial charge in [-0.2, -0.15) is 0 Å². The van der Waals surface area contributed by atoms with Crippen LogP contribution in [0.4, 0.5) is 5.82 Å². The summed E-state index contributed by atoms with van der Waals surface area (Å²) in [5.74, 6) is 0.0523. The largest absolute Gasteiger partial charge is 0.394 e. The van der Waals surface area contributed by atoms with E-state index in [1.807, 2.05) is 0 Å². The van der Waals surface area contributed by atoms with Crippen LogP contribution in [0.25, 0.3) is 0 Å². The van der Waals surface area contributed by atoms with Gasteiger partial charge < -0.3 is 29.9 Å². The van der Waals surface area contributed by atoms with Crippen LogP contribution < -0.4 is 10.6 Å². The number of carbonyl (C=O) groups is 1. The van der Waals surface area contributed by atoms with Crippen molar-refractivity contribution < 1.29 is 24.9 Å². The van der Waals surface area contributed by atoms with Crippen molar-refractivity contribution in [3.05, 3.63) is 12.0 Å². The van der Waals surface area contributed by atoms with Crippen LogP contribution in [0.2, 0.25) is 0 Å². The lowest BCUT2D eigenvalue weighted by atomic mass is 10.1. The lowest BCUT2D eigenvalue weighted by Gasteiger charge is -2.38. The molecule has 1 amide bonds. The number of amides is 1. The van der Waals surface area contributed by atoms with Crippen LogP contribution in [-0.2, 0) is 4.74 Å². The van der Waals surface area contributed by atoms with E-state index in [0.717, 1.165) is 0 Å². The SMILES string of the molecule is CN1C(=O)c2ncn([C@@H]3O[C@H](CO)[C@@H](O)[C@H]3O)c2N(C)C1N. The number of aliphatic hydroxyl groups is 3. The molecular formula is C12H19N5O5. The van der Waals surface area contributed by atoms with Crippen LogP contribution in [0.3, 0.4) is 0 Å². The van der Waals surface area contributed by atoms with Gasteiger partial charge in [0.2, 0.25) is 0 Å². The van der Waals surface area contributed by atoms with E-state index in [-0.39, 0.29) is 11.6 Å². The Labute approximate surface area is 126 Å². The van der Waals surface area contributed by atoms with E-state index in [0.29, 0.717) is 5.82 Å². The molecule has 10 nitrogen and oxygen atoms in total. The number of nitrogens with two attached hydrogens (primary N) is 1. The third kappa shape index (κ3) is 1.92. The second kappa shape index (κ2) is 5.18. The molecule has 0 aromatic carbocycles. The zero-order chi connectivity index (χ0) is 16.2. The van der Waals surface area contributed by atoms with Gasteiger partial charge in [-0.15, -0.1) is 0 Å². The summed E-state index contributed by atoms with van der Waals surface area (Å²) >= 11 is 0. The van der Waals surface area contributed by atoms with Crippen molar-refractivity contribution in [3.63, 3.8) is 0 Å². The molecule has 1 saturated heterocycles. The van der Waals surface area contributed by atoms with E-state index in [4.69, 9.17) is 15.6 Å². The summed E-state index contributed by atoms with van der Waals surface area (Å²) in [5.41, 5.74) is 6.15. The topological polar surface area (TPSA) is 137 Å². The van der Waals surface area contributed by atoms with E-state index in [1.54, 1.807) is 19.0 Å². The number of fused-ring (bicyclic) bond motifs is 1. The predicted molar refractivity (Wildman–Crippen MR) is 73.7 cm³/mol. The Kier molecular flexibility index (Phi) is 3.57. The van der Waals surface area contributed by atoms with Crippen LogP contribution in [-0.4, -0.2) is 81.0 Å². The number of aliphatic hydroxyl groups excluding tert-OH is 3. The minimum atomic E-state index is -1.25. The van der Waals surface area contributed by atoms with Gasteiger partial charge in [-0.1, -0.05) is 0 Å². The number of imidazole rings is 1. The second-order valence-corrected chi connectivity index (χ2v) is 5.49. The van der Waals surface area contributed by atoms with Gasteiger partial charge in [-0.25, -0.2) is 4.98 Å². The van der Waals surface area contributed by atoms with E-state index >= 15 is 0 Å². The molecule has 2 aliphatic heterocycles. The normalized spacial score (nSPS) is 35.2. The average molecular weight is 313 g/mol. The van der Waals surface area contributed by atoms with E-state index in [9.17, 15) is 15.0 Å². The smallest absolute Gasteiger partial charge is 0.278 e. The standard InChI is InChI=1S/C12H19N5O5/c1-15-9-6(10(21)16(2)12(15)13)14-4-17(9)11-8(20)7(19)5(3-18)22-11/h4-5,7-8,11-12,18-20H,3,13H2,1-2H3/t5-,7-,8-,11-,12?/m1/s1. The fraction of sp³-hybridized carbons (Fsp3) is 0.667. The summed E-state index contributed by atoms with van der Waals surface area (Å²) in [7, 11) is 3.25. The molecule has 10 heteroatoms. The fourth-order valence-corrected chi connectivity index (χ4v) is 2.82. The Bertz CT molecular complexity index is 592. The van der Waals surface area contributed by atoms with Crippen molar-refractivity contribution in [1.82, 2.24) is 14.5 Å². The van der Waals surface area contributed by atoms with Gasteiger partial charge >= 0.3 is 0 Å². The maximum atomic E-state index is 12.2. The van der Waals surface area contributed by atoms with Gasteiger partial charge in [0.1, 0.15) is 24.1 Å². The number of ether oxygens (including phenoxy) is 1. The van der Waals surface area contributed by atoms with Gasteiger partial charge in [0.25, 0.3) is 5.91 Å². The monoisotopic (exact) mass is 313 g/mol. The van der Waals surface area contributed by atoms with Gasteiger partial charge in [-0.3, -0.25) is 15.1 Å². The first-order valence-electron chi connectivity index (χ1n) is 6.83. The van der Waals surface area contributed by atoms with Crippen LogP contribution >= 0.6 is 0 Å². The molecule has 122 valence electrons. The molecule has 0 bridgehead atoms. The summed E-state index contributed by atoms with van der Waals surface area (Å²) in [6.45, 7) is -0.428. The number of anilines is 1. The molecule has 1 aromatic rings. The van der Waals surface area contributed by atoms with E-state index in [1.165, 1.54) is 15.8 Å². The van der Waals surface area contributed by atoms with Crippen LogP contribution in [0.5, 0.6) is 0 Å². The number of rotatable bonds is 2. The lowest BCUT2D eigenvalue weighted by Crippen LogP contribution is -2.57. The highest BCUT2D eigenvalue weighted by molar-refractivity contribution is 5.99. The van der Waals surface area contributed by atoms with Crippen molar-refractivity contribution in [1.29, 1.82) is 0 Å². The van der Waals surface area contributed by atoms with E-state index < -0.39 is 37.4 Å². The molecule has 5 N–H and O–H groups in total. The first-order valence-corrected chi connectivity index (χ1v) is 6.83. The van der Waals surface area contributed by atoms with Gasteiger partial charge in [0.05, 0.1) is 12.9 Å². The molecule has 0 radical (unpaired) electrons. The van der Waals surface area contributed by atoms with Gasteiger partial charge in [-0.05, 0) is 0 Å². The zero-order valence-corrected chi connectivity index (χ0v) is 12.2. The van der Waals surface area contributed by atoms with Crippen molar-refractivity contribution in [2.75, 3.05) is 25.6 Å². The number of hydrogen-bond acceptors (Lipinski definition) is 8. The van der Waals surface area contributed by atoms with Crippen LogP contribution in [0.15, 0.2) is 6.33 Å². The molecule has 1 aromatic heterocycles. The summed E-state index contributed by atoms with van der Waals surface area (Å²) in [6, 6.07) is 0. The van der Waals surface area contributed by atoms with Crippen LogP contribution in [0, 0.1) is 0 Å². The zero-order valence-electron chi connectivity index (χ0n) is 12.2. The molecule has 5 atom stereocenters. The molecule has 1 fully saturated rings. The Balaban J connectivity index is 2.02. The van der Waals surface area contributed by atoms with Crippen molar-refractivity contribution in [2.45, 2.75) is 30.8 Å². The number of aromatic nitrogens is 2. The highest BCUT2D eigenvalue weighted by Crippen LogP contribution is 2.36. The first kappa shape index (κ1) is 15.2.